The number of hydrogen-bond donors (Lipinski definition) is 1. The normalized spacial score (nSPS) is 18.5. The second-order valence-electron chi connectivity index (χ2n) is 8.22. The zero-order valence-corrected chi connectivity index (χ0v) is 19.7. The Morgan fingerprint density at radius 2 is 1.81 bits per heavy atom. The Bertz CT molecular complexity index is 1070. The lowest BCUT2D eigenvalue weighted by molar-refractivity contribution is 0.164. The Morgan fingerprint density at radius 3 is 2.45 bits per heavy atom. The molecule has 162 valence electrons. The highest BCUT2D eigenvalue weighted by Gasteiger charge is 2.41. The van der Waals surface area contributed by atoms with Crippen molar-refractivity contribution in [1.29, 1.82) is 0 Å². The number of ether oxygens (including phenoxy) is 1. The van der Waals surface area contributed by atoms with E-state index < -0.39 is 0 Å². The molecule has 1 aliphatic rings. The topological polar surface area (TPSA) is 42.3 Å². The molecule has 1 saturated heterocycles. The molecule has 1 fully saturated rings. The Hall–Kier alpha value is -2.70. The molecule has 3 aromatic rings. The van der Waals surface area contributed by atoms with Crippen LogP contribution in [0.5, 0.6) is 0 Å². The molecule has 4 rings (SSSR count). The number of benzene rings is 1. The molecule has 0 aliphatic carbocycles. The average molecular weight is 435 g/mol. The van der Waals surface area contributed by atoms with Gasteiger partial charge in [-0.2, -0.15) is 0 Å². The standard InChI is InChI=1S/C25H30N4OS/c1-16-9-8-10-17(2)23(16)29-18(3)15-20(19(29)4)24-22(21-11-6-7-12-26-21)27-25(31)28(24)13-14-30-5/h6-12,15,22,24H,13-14H2,1-5H3,(H,27,31)/t22-,24-/m0/s1. The molecule has 0 saturated carbocycles. The highest BCUT2D eigenvalue weighted by atomic mass is 32.1. The third-order valence-electron chi connectivity index (χ3n) is 6.19. The van der Waals surface area contributed by atoms with Gasteiger partial charge in [0, 0.05) is 31.2 Å². The molecular formula is C25H30N4OS. The van der Waals surface area contributed by atoms with Gasteiger partial charge < -0.3 is 19.5 Å². The van der Waals surface area contributed by atoms with E-state index in [1.807, 2.05) is 18.3 Å². The van der Waals surface area contributed by atoms with Gasteiger partial charge in [-0.1, -0.05) is 24.3 Å². The first-order valence-electron chi connectivity index (χ1n) is 10.7. The Labute approximate surface area is 190 Å². The molecule has 2 atom stereocenters. The van der Waals surface area contributed by atoms with E-state index in [0.29, 0.717) is 6.61 Å². The predicted molar refractivity (Wildman–Crippen MR) is 129 cm³/mol. The lowest BCUT2D eigenvalue weighted by atomic mass is 9.96. The smallest absolute Gasteiger partial charge is 0.170 e. The van der Waals surface area contributed by atoms with Crippen molar-refractivity contribution >= 4 is 17.3 Å². The number of nitrogens with zero attached hydrogens (tertiary/aromatic N) is 3. The number of pyridine rings is 1. The van der Waals surface area contributed by atoms with Crippen molar-refractivity contribution in [3.63, 3.8) is 0 Å². The number of nitrogens with one attached hydrogen (secondary N) is 1. The molecular weight excluding hydrogens is 404 g/mol. The van der Waals surface area contributed by atoms with E-state index in [-0.39, 0.29) is 12.1 Å². The van der Waals surface area contributed by atoms with Gasteiger partial charge in [0.2, 0.25) is 0 Å². The molecule has 1 aliphatic heterocycles. The summed E-state index contributed by atoms with van der Waals surface area (Å²) in [6.45, 7) is 10.1. The van der Waals surface area contributed by atoms with Crippen molar-refractivity contribution in [2.45, 2.75) is 39.8 Å². The van der Waals surface area contributed by atoms with Gasteiger partial charge in [0.15, 0.2) is 5.11 Å². The number of aryl methyl sites for hydroxylation is 3. The van der Waals surface area contributed by atoms with Gasteiger partial charge in [-0.15, -0.1) is 0 Å². The minimum atomic E-state index is -0.0162. The fraction of sp³-hybridized carbons (Fsp3) is 0.360. The van der Waals surface area contributed by atoms with Crippen LogP contribution in [0, 0.1) is 27.7 Å². The summed E-state index contributed by atoms with van der Waals surface area (Å²) in [5.41, 5.74) is 8.50. The summed E-state index contributed by atoms with van der Waals surface area (Å²) in [7, 11) is 1.73. The van der Waals surface area contributed by atoms with Crippen LogP contribution in [0.15, 0.2) is 48.7 Å². The lowest BCUT2D eigenvalue weighted by Crippen LogP contribution is -2.32. The van der Waals surface area contributed by atoms with Crippen molar-refractivity contribution in [2.75, 3.05) is 20.3 Å². The summed E-state index contributed by atoms with van der Waals surface area (Å²) in [4.78, 5) is 6.89. The van der Waals surface area contributed by atoms with E-state index in [1.165, 1.54) is 33.8 Å². The fourth-order valence-corrected chi connectivity index (χ4v) is 5.10. The fourth-order valence-electron chi connectivity index (χ4n) is 4.76. The third kappa shape index (κ3) is 3.86. The molecule has 1 N–H and O–H groups in total. The summed E-state index contributed by atoms with van der Waals surface area (Å²) < 4.78 is 7.77. The van der Waals surface area contributed by atoms with Crippen LogP contribution in [0.2, 0.25) is 0 Å². The van der Waals surface area contributed by atoms with E-state index in [1.54, 1.807) is 7.11 Å². The van der Waals surface area contributed by atoms with Gasteiger partial charge in [0.05, 0.1) is 30.1 Å². The van der Waals surface area contributed by atoms with Crippen LogP contribution in [0.3, 0.4) is 0 Å². The number of para-hydroxylation sites is 1. The van der Waals surface area contributed by atoms with Crippen molar-refractivity contribution in [3.05, 3.63) is 82.4 Å². The molecule has 2 aromatic heterocycles. The first-order chi connectivity index (χ1) is 14.9. The first kappa shape index (κ1) is 21.5. The van der Waals surface area contributed by atoms with Crippen molar-refractivity contribution in [2.24, 2.45) is 0 Å². The molecule has 0 radical (unpaired) electrons. The monoisotopic (exact) mass is 434 g/mol. The molecule has 5 nitrogen and oxygen atoms in total. The zero-order chi connectivity index (χ0) is 22.1. The van der Waals surface area contributed by atoms with Crippen LogP contribution >= 0.6 is 12.2 Å². The highest BCUT2D eigenvalue weighted by molar-refractivity contribution is 7.80. The molecule has 0 spiro atoms. The summed E-state index contributed by atoms with van der Waals surface area (Å²) in [6, 6.07) is 14.8. The maximum Gasteiger partial charge on any atom is 0.170 e. The lowest BCUT2D eigenvalue weighted by Gasteiger charge is -2.28. The zero-order valence-electron chi connectivity index (χ0n) is 18.8. The third-order valence-corrected chi connectivity index (χ3v) is 6.54. The minimum absolute atomic E-state index is 0.0162. The summed E-state index contributed by atoms with van der Waals surface area (Å²) in [5.74, 6) is 0. The van der Waals surface area contributed by atoms with Crippen molar-refractivity contribution < 1.29 is 4.74 Å². The minimum Gasteiger partial charge on any atom is -0.383 e. The van der Waals surface area contributed by atoms with Gasteiger partial charge in [0.25, 0.3) is 0 Å². The second kappa shape index (κ2) is 8.81. The van der Waals surface area contributed by atoms with E-state index in [9.17, 15) is 0 Å². The molecule has 31 heavy (non-hydrogen) atoms. The van der Waals surface area contributed by atoms with Gasteiger partial charge in [-0.3, -0.25) is 4.98 Å². The average Bonchev–Trinajstić information content (AvgIpc) is 3.23. The van der Waals surface area contributed by atoms with Gasteiger partial charge >= 0.3 is 0 Å². The van der Waals surface area contributed by atoms with E-state index >= 15 is 0 Å². The van der Waals surface area contributed by atoms with E-state index in [2.05, 4.69) is 77.8 Å². The maximum atomic E-state index is 5.75. The first-order valence-corrected chi connectivity index (χ1v) is 11.1. The van der Waals surface area contributed by atoms with Gasteiger partial charge in [-0.05, 0) is 74.8 Å². The Kier molecular flexibility index (Phi) is 6.12. The number of methoxy groups -OCH3 is 1. The molecule has 3 heterocycles. The summed E-state index contributed by atoms with van der Waals surface area (Å²) in [6.07, 6.45) is 1.84. The highest BCUT2D eigenvalue weighted by Crippen LogP contribution is 2.41. The van der Waals surface area contributed by atoms with Crippen LogP contribution in [-0.2, 0) is 4.74 Å². The van der Waals surface area contributed by atoms with Gasteiger partial charge in [0.1, 0.15) is 0 Å². The van der Waals surface area contributed by atoms with Crippen LogP contribution in [0.4, 0.5) is 0 Å². The number of hydrogen-bond acceptors (Lipinski definition) is 3. The summed E-state index contributed by atoms with van der Waals surface area (Å²) in [5, 5.41) is 4.27. The van der Waals surface area contributed by atoms with Crippen molar-refractivity contribution in [3.8, 4) is 5.69 Å². The molecule has 0 amide bonds. The maximum absolute atomic E-state index is 5.75. The Balaban J connectivity index is 1.86. The van der Waals surface area contributed by atoms with Crippen LogP contribution in [-0.4, -0.2) is 39.8 Å². The van der Waals surface area contributed by atoms with Crippen molar-refractivity contribution in [1.82, 2.24) is 19.8 Å². The van der Waals surface area contributed by atoms with Crippen LogP contribution < -0.4 is 5.32 Å². The molecule has 0 unspecified atom stereocenters. The second-order valence-corrected chi connectivity index (χ2v) is 8.60. The summed E-state index contributed by atoms with van der Waals surface area (Å²) >= 11 is 5.75. The van der Waals surface area contributed by atoms with Crippen LogP contribution in [0.1, 0.15) is 45.9 Å². The van der Waals surface area contributed by atoms with E-state index in [4.69, 9.17) is 17.0 Å². The number of aromatic nitrogens is 2. The molecule has 6 heteroatoms. The Morgan fingerprint density at radius 1 is 1.06 bits per heavy atom. The van der Waals surface area contributed by atoms with Gasteiger partial charge in [-0.25, -0.2) is 0 Å². The number of thiocarbonyl (C=S) groups is 1. The number of rotatable bonds is 6. The quantitative estimate of drug-likeness (QED) is 0.569. The molecule has 1 aromatic carbocycles. The molecule has 0 bridgehead atoms. The predicted octanol–water partition coefficient (Wildman–Crippen LogP) is 4.72. The van der Waals surface area contributed by atoms with E-state index in [0.717, 1.165) is 17.4 Å². The SMILES string of the molecule is COCCN1C(=S)N[C@@H](c2ccccn2)[C@@H]1c1cc(C)n(-c2c(C)cccc2C)c1C. The van der Waals surface area contributed by atoms with Crippen LogP contribution in [0.25, 0.3) is 5.69 Å². The largest absolute Gasteiger partial charge is 0.383 e.